The molecule has 0 bridgehead atoms. The van der Waals surface area contributed by atoms with E-state index in [0.29, 0.717) is 37.6 Å². The van der Waals surface area contributed by atoms with Crippen LogP contribution in [0.25, 0.3) is 0 Å². The minimum atomic E-state index is -0.175. The first kappa shape index (κ1) is 18.6. The molecule has 6 heteroatoms. The lowest BCUT2D eigenvalue weighted by Crippen LogP contribution is -2.06. The molecule has 0 amide bonds. The maximum Gasteiger partial charge on any atom is 0.306 e. The molecule has 0 aromatic rings. The van der Waals surface area contributed by atoms with Crippen LogP contribution in [0.15, 0.2) is 0 Å². The van der Waals surface area contributed by atoms with Gasteiger partial charge in [-0.3, -0.25) is 9.59 Å². The van der Waals surface area contributed by atoms with Crippen molar-refractivity contribution in [1.29, 1.82) is 0 Å². The highest BCUT2D eigenvalue weighted by Gasteiger charge is 2.01. The Labute approximate surface area is 126 Å². The summed E-state index contributed by atoms with van der Waals surface area (Å²) in [7, 11) is 0. The molecule has 0 aliphatic rings. The molecule has 0 unspecified atom stereocenters. The molecule has 0 saturated heterocycles. The fourth-order valence-electron chi connectivity index (χ4n) is 1.43. The van der Waals surface area contributed by atoms with Gasteiger partial charge in [0.25, 0.3) is 0 Å². The van der Waals surface area contributed by atoms with Crippen molar-refractivity contribution in [3.05, 3.63) is 0 Å². The van der Waals surface area contributed by atoms with Crippen LogP contribution in [0.5, 0.6) is 0 Å². The summed E-state index contributed by atoms with van der Waals surface area (Å²) in [5.74, 6) is 0.715. The van der Waals surface area contributed by atoms with E-state index in [1.807, 2.05) is 0 Å². The van der Waals surface area contributed by atoms with E-state index >= 15 is 0 Å². The molecular weight excluding hydrogens is 284 g/mol. The molecule has 0 aromatic heterocycles. The zero-order chi connectivity index (χ0) is 14.3. The third kappa shape index (κ3) is 13.9. The first-order valence-corrected chi connectivity index (χ1v) is 8.00. The molecule has 0 aliphatic carbocycles. The fraction of sp³-hybridized carbons (Fsp3) is 0.846. The third-order valence-corrected chi connectivity index (χ3v) is 2.89. The number of thiol groups is 2. The number of ether oxygens (including phenoxy) is 2. The molecular formula is C13H24O4S2. The van der Waals surface area contributed by atoms with Crippen molar-refractivity contribution in [2.24, 2.45) is 0 Å². The second-order valence-corrected chi connectivity index (χ2v) is 5.05. The second-order valence-electron chi connectivity index (χ2n) is 4.16. The van der Waals surface area contributed by atoms with Crippen LogP contribution < -0.4 is 0 Å². The number of hydrogen-bond acceptors (Lipinski definition) is 6. The summed E-state index contributed by atoms with van der Waals surface area (Å²) in [4.78, 5) is 22.0. The van der Waals surface area contributed by atoms with Gasteiger partial charge in [0.2, 0.25) is 0 Å². The fourth-order valence-corrected chi connectivity index (χ4v) is 1.80. The number of rotatable bonds is 12. The Morgan fingerprint density at radius 2 is 1.05 bits per heavy atom. The predicted molar refractivity (Wildman–Crippen MR) is 81.9 cm³/mol. The van der Waals surface area contributed by atoms with Crippen molar-refractivity contribution in [3.8, 4) is 0 Å². The van der Waals surface area contributed by atoms with E-state index in [4.69, 9.17) is 9.47 Å². The molecule has 19 heavy (non-hydrogen) atoms. The summed E-state index contributed by atoms with van der Waals surface area (Å²) in [5, 5.41) is 0. The Morgan fingerprint density at radius 3 is 1.42 bits per heavy atom. The Bertz CT molecular complexity index is 223. The minimum absolute atomic E-state index is 0.175. The van der Waals surface area contributed by atoms with Gasteiger partial charge in [-0.25, -0.2) is 0 Å². The molecule has 0 fully saturated rings. The van der Waals surface area contributed by atoms with Crippen LogP contribution >= 0.6 is 25.3 Å². The van der Waals surface area contributed by atoms with Crippen LogP contribution in [0.3, 0.4) is 0 Å². The monoisotopic (exact) mass is 308 g/mol. The molecule has 0 spiro atoms. The maximum absolute atomic E-state index is 11.0. The van der Waals surface area contributed by atoms with E-state index in [1.54, 1.807) is 0 Å². The molecule has 4 nitrogen and oxygen atoms in total. The second kappa shape index (κ2) is 14.1. The van der Waals surface area contributed by atoms with Crippen LogP contribution in [0.4, 0.5) is 0 Å². The zero-order valence-electron chi connectivity index (χ0n) is 11.3. The Hall–Kier alpha value is -0.360. The van der Waals surface area contributed by atoms with Crippen LogP contribution in [0.1, 0.15) is 44.9 Å². The van der Waals surface area contributed by atoms with Gasteiger partial charge in [-0.1, -0.05) is 19.3 Å². The summed E-state index contributed by atoms with van der Waals surface area (Å²) < 4.78 is 10.0. The van der Waals surface area contributed by atoms with E-state index < -0.39 is 0 Å². The van der Waals surface area contributed by atoms with Crippen molar-refractivity contribution in [2.45, 2.75) is 44.9 Å². The highest BCUT2D eigenvalue weighted by atomic mass is 32.1. The van der Waals surface area contributed by atoms with E-state index in [-0.39, 0.29) is 11.9 Å². The van der Waals surface area contributed by atoms with Gasteiger partial charge in [0.15, 0.2) is 0 Å². The first-order valence-electron chi connectivity index (χ1n) is 6.73. The molecule has 0 heterocycles. The predicted octanol–water partition coefficient (Wildman–Crippen LogP) is 2.66. The Morgan fingerprint density at radius 1 is 0.684 bits per heavy atom. The van der Waals surface area contributed by atoms with Crippen LogP contribution in [0.2, 0.25) is 0 Å². The van der Waals surface area contributed by atoms with E-state index in [1.165, 1.54) is 0 Å². The quantitative estimate of drug-likeness (QED) is 0.331. The highest BCUT2D eigenvalue weighted by Crippen LogP contribution is 2.04. The van der Waals surface area contributed by atoms with Crippen LogP contribution in [-0.2, 0) is 19.1 Å². The van der Waals surface area contributed by atoms with Crippen LogP contribution in [0, 0.1) is 0 Å². The molecule has 0 rings (SSSR count). The first-order chi connectivity index (χ1) is 9.20. The number of esters is 2. The van der Waals surface area contributed by atoms with Crippen molar-refractivity contribution < 1.29 is 19.1 Å². The molecule has 0 aromatic carbocycles. The van der Waals surface area contributed by atoms with Crippen molar-refractivity contribution in [2.75, 3.05) is 24.7 Å². The van der Waals surface area contributed by atoms with Crippen molar-refractivity contribution >= 4 is 37.2 Å². The van der Waals surface area contributed by atoms with E-state index in [2.05, 4.69) is 25.3 Å². The number of carbonyl (C=O) groups is 2. The number of carbonyl (C=O) groups excluding carboxylic acids is 2. The molecule has 0 N–H and O–H groups in total. The average Bonchev–Trinajstić information content (AvgIpc) is 2.37. The van der Waals surface area contributed by atoms with Gasteiger partial charge in [-0.05, 0) is 12.8 Å². The molecule has 0 saturated carbocycles. The lowest BCUT2D eigenvalue weighted by atomic mass is 10.1. The van der Waals surface area contributed by atoms with Gasteiger partial charge < -0.3 is 9.47 Å². The van der Waals surface area contributed by atoms with Gasteiger partial charge >= 0.3 is 11.9 Å². The smallest absolute Gasteiger partial charge is 0.306 e. The largest absolute Gasteiger partial charge is 0.466 e. The maximum atomic E-state index is 11.0. The standard InChI is InChI=1S/C13H24O4S2/c14-12(6-10-18)16-8-4-2-1-3-5-9-17-13(15)7-11-19/h18-19H,1-11H2. The summed E-state index contributed by atoms with van der Waals surface area (Å²) in [6.07, 6.45) is 5.64. The lowest BCUT2D eigenvalue weighted by Gasteiger charge is -2.05. The third-order valence-electron chi connectivity index (χ3n) is 2.45. The summed E-state index contributed by atoms with van der Waals surface area (Å²) in [6, 6.07) is 0. The number of unbranched alkanes of at least 4 members (excludes halogenated alkanes) is 4. The Kier molecular flexibility index (Phi) is 13.8. The van der Waals surface area contributed by atoms with Crippen molar-refractivity contribution in [3.63, 3.8) is 0 Å². The van der Waals surface area contributed by atoms with Crippen LogP contribution in [-0.4, -0.2) is 36.7 Å². The lowest BCUT2D eigenvalue weighted by molar-refractivity contribution is -0.144. The summed E-state index contributed by atoms with van der Waals surface area (Å²) >= 11 is 7.92. The average molecular weight is 308 g/mol. The summed E-state index contributed by atoms with van der Waals surface area (Å²) in [5.41, 5.74) is 0. The highest BCUT2D eigenvalue weighted by molar-refractivity contribution is 7.80. The van der Waals surface area contributed by atoms with Crippen molar-refractivity contribution in [1.82, 2.24) is 0 Å². The van der Waals surface area contributed by atoms with E-state index in [0.717, 1.165) is 32.1 Å². The van der Waals surface area contributed by atoms with Gasteiger partial charge in [-0.15, -0.1) is 0 Å². The molecule has 0 aliphatic heterocycles. The zero-order valence-corrected chi connectivity index (χ0v) is 13.1. The van der Waals surface area contributed by atoms with Gasteiger partial charge in [0, 0.05) is 11.5 Å². The molecule has 0 atom stereocenters. The normalized spacial score (nSPS) is 10.2. The van der Waals surface area contributed by atoms with Gasteiger partial charge in [0.1, 0.15) is 0 Å². The minimum Gasteiger partial charge on any atom is -0.466 e. The Balaban J connectivity index is 3.15. The molecule has 0 radical (unpaired) electrons. The van der Waals surface area contributed by atoms with Gasteiger partial charge in [0.05, 0.1) is 26.1 Å². The van der Waals surface area contributed by atoms with E-state index in [9.17, 15) is 9.59 Å². The number of hydrogen-bond donors (Lipinski definition) is 2. The van der Waals surface area contributed by atoms with Gasteiger partial charge in [-0.2, -0.15) is 25.3 Å². The SMILES string of the molecule is O=C(CCS)OCCCCCCCOC(=O)CCS. The topological polar surface area (TPSA) is 52.6 Å². The summed E-state index contributed by atoms with van der Waals surface area (Å²) in [6.45, 7) is 0.979. The molecule has 112 valence electrons.